The summed E-state index contributed by atoms with van der Waals surface area (Å²) >= 11 is 0. The molecule has 1 aromatic carbocycles. The van der Waals surface area contributed by atoms with E-state index in [9.17, 15) is 4.79 Å². The fourth-order valence-electron chi connectivity index (χ4n) is 3.26. The van der Waals surface area contributed by atoms with Crippen molar-refractivity contribution in [3.05, 3.63) is 60.1 Å². The number of nitrogens with one attached hydrogen (secondary N) is 1. The number of pyridine rings is 1. The number of nitrogens with zero attached hydrogens (tertiary/aromatic N) is 3. The Balaban J connectivity index is 1.37. The van der Waals surface area contributed by atoms with Crippen LogP contribution in [0.5, 0.6) is 5.75 Å². The van der Waals surface area contributed by atoms with Gasteiger partial charge < -0.3 is 14.5 Å². The van der Waals surface area contributed by atoms with Crippen molar-refractivity contribution in [2.45, 2.75) is 19.8 Å². The highest BCUT2D eigenvalue weighted by Gasteiger charge is 2.11. The minimum Gasteiger partial charge on any atom is -0.497 e. The summed E-state index contributed by atoms with van der Waals surface area (Å²) in [7, 11) is 3.49. The Morgan fingerprint density at radius 3 is 2.76 bits per heavy atom. The van der Waals surface area contributed by atoms with Gasteiger partial charge in [0.25, 0.3) is 0 Å². The largest absolute Gasteiger partial charge is 0.497 e. The lowest BCUT2D eigenvalue weighted by atomic mass is 10.2. The summed E-state index contributed by atoms with van der Waals surface area (Å²) in [5.41, 5.74) is 3.31. The molecular weight excluding hydrogens is 368 g/mol. The number of aromatic nitrogens is 3. The van der Waals surface area contributed by atoms with Crippen molar-refractivity contribution in [1.29, 1.82) is 0 Å². The van der Waals surface area contributed by atoms with Gasteiger partial charge in [-0.3, -0.25) is 9.48 Å². The molecule has 3 aromatic heterocycles. The zero-order valence-electron chi connectivity index (χ0n) is 16.6. The summed E-state index contributed by atoms with van der Waals surface area (Å²) < 4.78 is 12.8. The molecule has 0 unspecified atom stereocenters. The molecule has 0 bridgehead atoms. The van der Waals surface area contributed by atoms with Crippen LogP contribution in [-0.2, 0) is 18.3 Å². The number of methoxy groups -OCH3 is 1. The molecule has 1 N–H and O–H groups in total. The summed E-state index contributed by atoms with van der Waals surface area (Å²) in [6, 6.07) is 13.4. The number of fused-ring (bicyclic) bond motifs is 1. The van der Waals surface area contributed by atoms with Gasteiger partial charge in [-0.25, -0.2) is 4.98 Å². The lowest BCUT2D eigenvalue weighted by Crippen LogP contribution is -2.12. The normalized spacial score (nSPS) is 11.0. The highest BCUT2D eigenvalue weighted by Crippen LogP contribution is 2.25. The van der Waals surface area contributed by atoms with E-state index in [-0.39, 0.29) is 5.91 Å². The minimum atomic E-state index is -0.0879. The van der Waals surface area contributed by atoms with Gasteiger partial charge in [0.1, 0.15) is 17.3 Å². The van der Waals surface area contributed by atoms with Crippen LogP contribution in [0.4, 0.5) is 5.69 Å². The number of anilines is 1. The van der Waals surface area contributed by atoms with Crippen LogP contribution in [0.2, 0.25) is 0 Å². The van der Waals surface area contributed by atoms with Crippen molar-refractivity contribution in [3.63, 3.8) is 0 Å². The molecule has 29 heavy (non-hydrogen) atoms. The van der Waals surface area contributed by atoms with Crippen LogP contribution in [0.15, 0.2) is 53.1 Å². The maximum absolute atomic E-state index is 12.3. The van der Waals surface area contributed by atoms with Crippen molar-refractivity contribution >= 4 is 22.6 Å². The Bertz CT molecular complexity index is 1160. The van der Waals surface area contributed by atoms with Gasteiger partial charge >= 0.3 is 0 Å². The van der Waals surface area contributed by atoms with Crippen LogP contribution >= 0.6 is 0 Å². The van der Waals surface area contributed by atoms with Gasteiger partial charge in [-0.2, -0.15) is 5.10 Å². The smallest absolute Gasteiger partial charge is 0.224 e. The Kier molecular flexibility index (Phi) is 5.03. The summed E-state index contributed by atoms with van der Waals surface area (Å²) in [6.07, 6.45) is 2.49. The van der Waals surface area contributed by atoms with E-state index < -0.39 is 0 Å². The zero-order valence-corrected chi connectivity index (χ0v) is 16.6. The number of amides is 1. The predicted octanol–water partition coefficient (Wildman–Crippen LogP) is 4.12. The van der Waals surface area contributed by atoms with Gasteiger partial charge in [-0.15, -0.1) is 0 Å². The second kappa shape index (κ2) is 7.79. The molecule has 0 saturated heterocycles. The molecule has 1 amide bonds. The van der Waals surface area contributed by atoms with Gasteiger partial charge in [-0.1, -0.05) is 0 Å². The number of ether oxygens (including phenoxy) is 1. The molecule has 0 saturated carbocycles. The highest BCUT2D eigenvalue weighted by molar-refractivity contribution is 5.93. The summed E-state index contributed by atoms with van der Waals surface area (Å²) in [4.78, 5) is 16.7. The molecule has 7 heteroatoms. The molecule has 4 rings (SSSR count). The van der Waals surface area contributed by atoms with Crippen molar-refractivity contribution in [2.24, 2.45) is 7.05 Å². The van der Waals surface area contributed by atoms with E-state index in [0.717, 1.165) is 39.6 Å². The molecular formula is C22H22N4O3. The summed E-state index contributed by atoms with van der Waals surface area (Å²) in [6.45, 7) is 1.92. The van der Waals surface area contributed by atoms with Crippen LogP contribution in [0, 0.1) is 6.92 Å². The summed E-state index contributed by atoms with van der Waals surface area (Å²) in [5.74, 6) is 2.24. The zero-order chi connectivity index (χ0) is 20.4. The van der Waals surface area contributed by atoms with Crippen LogP contribution in [0.1, 0.15) is 17.9 Å². The molecule has 0 aliphatic carbocycles. The first-order valence-corrected chi connectivity index (χ1v) is 9.36. The first kappa shape index (κ1) is 18.7. The molecule has 0 spiro atoms. The SMILES string of the molecule is COc1ccc(-c2ccc(CCC(=O)Nc3cnc4c(c3)c(C)nn4C)o2)cc1. The highest BCUT2D eigenvalue weighted by atomic mass is 16.5. The number of hydrogen-bond donors (Lipinski definition) is 1. The van der Waals surface area contributed by atoms with Crippen molar-refractivity contribution in [1.82, 2.24) is 14.8 Å². The lowest BCUT2D eigenvalue weighted by molar-refractivity contribution is -0.116. The quantitative estimate of drug-likeness (QED) is 0.536. The topological polar surface area (TPSA) is 82.2 Å². The Hall–Kier alpha value is -3.61. The van der Waals surface area contributed by atoms with Gasteiger partial charge in [0.05, 0.1) is 24.7 Å². The van der Waals surface area contributed by atoms with E-state index in [2.05, 4.69) is 15.4 Å². The van der Waals surface area contributed by atoms with Crippen LogP contribution in [-0.4, -0.2) is 27.8 Å². The lowest BCUT2D eigenvalue weighted by Gasteiger charge is -2.05. The Labute approximate surface area is 168 Å². The fourth-order valence-corrected chi connectivity index (χ4v) is 3.26. The van der Waals surface area contributed by atoms with E-state index >= 15 is 0 Å². The van der Waals surface area contributed by atoms with Crippen LogP contribution in [0.3, 0.4) is 0 Å². The number of hydrogen-bond acceptors (Lipinski definition) is 5. The minimum absolute atomic E-state index is 0.0879. The average Bonchev–Trinajstić information content (AvgIpc) is 3.31. The van der Waals surface area contributed by atoms with Crippen molar-refractivity contribution in [2.75, 3.05) is 12.4 Å². The van der Waals surface area contributed by atoms with Crippen LogP contribution in [0.25, 0.3) is 22.4 Å². The predicted molar refractivity (Wildman–Crippen MR) is 111 cm³/mol. The molecule has 7 nitrogen and oxygen atoms in total. The molecule has 0 radical (unpaired) electrons. The van der Waals surface area contributed by atoms with E-state index in [1.165, 1.54) is 0 Å². The van der Waals surface area contributed by atoms with Gasteiger partial charge in [0, 0.05) is 30.8 Å². The number of carbonyl (C=O) groups excluding carboxylic acids is 1. The standard InChI is InChI=1S/C22H22N4O3/c1-14-19-12-16(13-23-22(19)26(2)25-14)24-21(27)11-9-18-8-10-20(29-18)15-4-6-17(28-3)7-5-15/h4-8,10,12-13H,9,11H2,1-3H3,(H,24,27). The van der Waals surface area contributed by atoms with Gasteiger partial charge in [0.2, 0.25) is 5.91 Å². The van der Waals surface area contributed by atoms with E-state index in [1.807, 2.05) is 56.4 Å². The van der Waals surface area contributed by atoms with Gasteiger partial charge in [0.15, 0.2) is 5.65 Å². The van der Waals surface area contributed by atoms with Gasteiger partial charge in [-0.05, 0) is 49.4 Å². The third-order valence-corrected chi connectivity index (χ3v) is 4.78. The number of furan rings is 1. The molecule has 0 aliphatic heterocycles. The third-order valence-electron chi connectivity index (χ3n) is 4.78. The maximum Gasteiger partial charge on any atom is 0.224 e. The number of benzene rings is 1. The van der Waals surface area contributed by atoms with E-state index in [0.29, 0.717) is 18.5 Å². The second-order valence-corrected chi connectivity index (χ2v) is 6.85. The van der Waals surface area contributed by atoms with Crippen LogP contribution < -0.4 is 10.1 Å². The monoisotopic (exact) mass is 390 g/mol. The molecule has 148 valence electrons. The van der Waals surface area contributed by atoms with Crippen molar-refractivity contribution in [3.8, 4) is 17.1 Å². The number of rotatable bonds is 6. The summed E-state index contributed by atoms with van der Waals surface area (Å²) in [5, 5.41) is 8.17. The van der Waals surface area contributed by atoms with Crippen molar-refractivity contribution < 1.29 is 13.9 Å². The molecule has 0 aliphatic rings. The first-order chi connectivity index (χ1) is 14.0. The first-order valence-electron chi connectivity index (χ1n) is 9.36. The number of carbonyl (C=O) groups is 1. The molecule has 4 aromatic rings. The molecule has 0 atom stereocenters. The number of aryl methyl sites for hydroxylation is 3. The second-order valence-electron chi connectivity index (χ2n) is 6.85. The Morgan fingerprint density at radius 2 is 2.00 bits per heavy atom. The Morgan fingerprint density at radius 1 is 1.21 bits per heavy atom. The molecule has 3 heterocycles. The molecule has 0 fully saturated rings. The maximum atomic E-state index is 12.3. The van der Waals surface area contributed by atoms with E-state index in [4.69, 9.17) is 9.15 Å². The van der Waals surface area contributed by atoms with E-state index in [1.54, 1.807) is 18.0 Å². The fraction of sp³-hybridized carbons (Fsp3) is 0.227. The average molecular weight is 390 g/mol. The third kappa shape index (κ3) is 3.99.